The summed E-state index contributed by atoms with van der Waals surface area (Å²) in [4.78, 5) is 0. The van der Waals surface area contributed by atoms with Gasteiger partial charge in [0.05, 0.1) is 12.9 Å². The molecular weight excluding hydrogens is 229 g/mol. The fourth-order valence-electron chi connectivity index (χ4n) is 1.25. The molecule has 0 spiro atoms. The van der Waals surface area contributed by atoms with Crippen molar-refractivity contribution in [2.24, 2.45) is 0 Å². The Morgan fingerprint density at radius 2 is 2.31 bits per heavy atom. The van der Waals surface area contributed by atoms with Crippen LogP contribution in [-0.4, -0.2) is 13.2 Å². The van der Waals surface area contributed by atoms with Gasteiger partial charge < -0.3 is 10.1 Å². The second-order valence-corrected chi connectivity index (χ2v) is 3.71. The smallest absolute Gasteiger partial charge is 0.124 e. The van der Waals surface area contributed by atoms with Crippen LogP contribution in [0.2, 0.25) is 5.02 Å². The maximum Gasteiger partial charge on any atom is 0.124 e. The molecule has 0 saturated heterocycles. The van der Waals surface area contributed by atoms with Crippen LogP contribution < -0.4 is 5.32 Å². The van der Waals surface area contributed by atoms with Crippen LogP contribution in [-0.2, 0) is 11.3 Å². The van der Waals surface area contributed by atoms with Gasteiger partial charge in [0.15, 0.2) is 0 Å². The fourth-order valence-corrected chi connectivity index (χ4v) is 1.49. The molecule has 1 N–H and O–H groups in total. The first-order valence-corrected chi connectivity index (χ1v) is 5.49. The lowest BCUT2D eigenvalue weighted by atomic mass is 10.2. The highest BCUT2D eigenvalue weighted by Gasteiger charge is 2.00. The maximum atomic E-state index is 12.7. The van der Waals surface area contributed by atoms with Crippen molar-refractivity contribution in [1.29, 1.82) is 0 Å². The largest absolute Gasteiger partial charge is 0.502 e. The molecular formula is C12H15ClFNO. The Bertz CT molecular complexity index is 344. The molecule has 0 aliphatic rings. The third-order valence-electron chi connectivity index (χ3n) is 2.06. The third-order valence-corrected chi connectivity index (χ3v) is 2.42. The van der Waals surface area contributed by atoms with E-state index in [0.717, 1.165) is 18.5 Å². The molecule has 1 rings (SSSR count). The molecule has 0 heterocycles. The van der Waals surface area contributed by atoms with E-state index in [0.29, 0.717) is 18.2 Å². The lowest BCUT2D eigenvalue weighted by Crippen LogP contribution is -2.16. The molecule has 1 aromatic rings. The molecule has 0 atom stereocenters. The van der Waals surface area contributed by atoms with Crippen LogP contribution >= 0.6 is 11.6 Å². The number of halogens is 2. The highest BCUT2D eigenvalue weighted by Crippen LogP contribution is 2.16. The lowest BCUT2D eigenvalue weighted by molar-refractivity contribution is 0.244. The minimum absolute atomic E-state index is 0.312. The Balaban J connectivity index is 2.24. The van der Waals surface area contributed by atoms with Crippen molar-refractivity contribution >= 4 is 11.6 Å². The minimum atomic E-state index is -0.312. The van der Waals surface area contributed by atoms with Gasteiger partial charge in [0.2, 0.25) is 0 Å². The molecule has 0 amide bonds. The predicted molar refractivity (Wildman–Crippen MR) is 63.9 cm³/mol. The van der Waals surface area contributed by atoms with Crippen molar-refractivity contribution < 1.29 is 9.13 Å². The number of hydrogen-bond donors (Lipinski definition) is 1. The van der Waals surface area contributed by atoms with Gasteiger partial charge in [-0.1, -0.05) is 24.2 Å². The predicted octanol–water partition coefficient (Wildman–Crippen LogP) is 3.12. The van der Waals surface area contributed by atoms with Gasteiger partial charge in [0.25, 0.3) is 0 Å². The van der Waals surface area contributed by atoms with Gasteiger partial charge in [-0.25, -0.2) is 4.39 Å². The van der Waals surface area contributed by atoms with Gasteiger partial charge in [-0.3, -0.25) is 0 Å². The average Bonchev–Trinajstić information content (AvgIpc) is 2.26. The van der Waals surface area contributed by atoms with Crippen LogP contribution in [0.15, 0.2) is 31.0 Å². The molecule has 4 heteroatoms. The summed E-state index contributed by atoms with van der Waals surface area (Å²) in [5.41, 5.74) is 0.896. The summed E-state index contributed by atoms with van der Waals surface area (Å²) in [5, 5.41) is 3.65. The highest BCUT2D eigenvalue weighted by atomic mass is 35.5. The number of rotatable bonds is 7. The van der Waals surface area contributed by atoms with E-state index in [1.165, 1.54) is 18.4 Å². The van der Waals surface area contributed by atoms with Crippen LogP contribution in [0.1, 0.15) is 12.0 Å². The molecule has 16 heavy (non-hydrogen) atoms. The molecule has 0 aliphatic heterocycles. The average molecular weight is 244 g/mol. The Labute approximate surface area is 100 Å². The quantitative estimate of drug-likeness (QED) is 0.587. The van der Waals surface area contributed by atoms with Crippen LogP contribution in [0.4, 0.5) is 4.39 Å². The summed E-state index contributed by atoms with van der Waals surface area (Å²) < 4.78 is 17.7. The van der Waals surface area contributed by atoms with E-state index in [1.807, 2.05) is 0 Å². The van der Waals surface area contributed by atoms with Gasteiger partial charge in [0.1, 0.15) is 5.82 Å². The number of ether oxygens (including phenoxy) is 1. The van der Waals surface area contributed by atoms with Crippen molar-refractivity contribution in [1.82, 2.24) is 5.32 Å². The van der Waals surface area contributed by atoms with E-state index in [9.17, 15) is 4.39 Å². The van der Waals surface area contributed by atoms with E-state index in [4.69, 9.17) is 16.3 Å². The van der Waals surface area contributed by atoms with Crippen molar-refractivity contribution in [3.05, 3.63) is 47.4 Å². The van der Waals surface area contributed by atoms with Crippen molar-refractivity contribution in [2.75, 3.05) is 13.2 Å². The standard InChI is InChI=1S/C12H15ClFNO/c1-2-16-7-3-6-15-9-10-4-5-11(14)8-12(10)13/h2,4-5,8,15H,1,3,6-7,9H2. The van der Waals surface area contributed by atoms with E-state index >= 15 is 0 Å². The summed E-state index contributed by atoms with van der Waals surface area (Å²) in [7, 11) is 0. The topological polar surface area (TPSA) is 21.3 Å². The Hall–Kier alpha value is -1.06. The fraction of sp³-hybridized carbons (Fsp3) is 0.333. The van der Waals surface area contributed by atoms with Gasteiger partial charge in [0, 0.05) is 11.6 Å². The van der Waals surface area contributed by atoms with Crippen molar-refractivity contribution in [2.45, 2.75) is 13.0 Å². The van der Waals surface area contributed by atoms with Gasteiger partial charge in [-0.15, -0.1) is 0 Å². The molecule has 0 aliphatic carbocycles. The molecule has 0 bridgehead atoms. The molecule has 0 unspecified atom stereocenters. The van der Waals surface area contributed by atoms with Crippen molar-refractivity contribution in [3.63, 3.8) is 0 Å². The lowest BCUT2D eigenvalue weighted by Gasteiger charge is -2.06. The highest BCUT2D eigenvalue weighted by molar-refractivity contribution is 6.31. The van der Waals surface area contributed by atoms with Crippen LogP contribution in [0.5, 0.6) is 0 Å². The Morgan fingerprint density at radius 3 is 3.00 bits per heavy atom. The summed E-state index contributed by atoms with van der Waals surface area (Å²) in [6, 6.07) is 4.41. The number of benzene rings is 1. The zero-order valence-corrected chi connectivity index (χ0v) is 9.77. The number of nitrogens with one attached hydrogen (secondary N) is 1. The van der Waals surface area contributed by atoms with Gasteiger partial charge >= 0.3 is 0 Å². The second kappa shape index (κ2) is 7.25. The zero-order chi connectivity index (χ0) is 11.8. The van der Waals surface area contributed by atoms with E-state index in [-0.39, 0.29) is 5.82 Å². The van der Waals surface area contributed by atoms with Crippen LogP contribution in [0.25, 0.3) is 0 Å². The Morgan fingerprint density at radius 1 is 1.50 bits per heavy atom. The molecule has 2 nitrogen and oxygen atoms in total. The SMILES string of the molecule is C=COCCCNCc1ccc(F)cc1Cl. The van der Waals surface area contributed by atoms with E-state index in [1.54, 1.807) is 6.07 Å². The third kappa shape index (κ3) is 4.64. The molecule has 0 aromatic heterocycles. The van der Waals surface area contributed by atoms with E-state index < -0.39 is 0 Å². The summed E-state index contributed by atoms with van der Waals surface area (Å²) in [6.45, 7) is 5.55. The molecule has 0 fully saturated rings. The van der Waals surface area contributed by atoms with E-state index in [2.05, 4.69) is 11.9 Å². The minimum Gasteiger partial charge on any atom is -0.502 e. The summed E-state index contributed by atoms with van der Waals surface area (Å²) >= 11 is 5.87. The number of hydrogen-bond acceptors (Lipinski definition) is 2. The first kappa shape index (κ1) is 13.0. The van der Waals surface area contributed by atoms with Crippen LogP contribution in [0, 0.1) is 5.82 Å². The normalized spacial score (nSPS) is 10.1. The van der Waals surface area contributed by atoms with Crippen LogP contribution in [0.3, 0.4) is 0 Å². The zero-order valence-electron chi connectivity index (χ0n) is 9.01. The Kier molecular flexibility index (Phi) is 5.90. The first-order chi connectivity index (χ1) is 7.74. The summed E-state index contributed by atoms with van der Waals surface area (Å²) in [5.74, 6) is -0.312. The van der Waals surface area contributed by atoms with Gasteiger partial charge in [-0.05, 0) is 30.7 Å². The molecule has 1 aromatic carbocycles. The molecule has 0 radical (unpaired) electrons. The summed E-state index contributed by atoms with van der Waals surface area (Å²) in [6.07, 6.45) is 2.32. The maximum absolute atomic E-state index is 12.7. The van der Waals surface area contributed by atoms with Crippen molar-refractivity contribution in [3.8, 4) is 0 Å². The molecule has 88 valence electrons. The van der Waals surface area contributed by atoms with Gasteiger partial charge in [-0.2, -0.15) is 0 Å². The first-order valence-electron chi connectivity index (χ1n) is 5.11. The molecule has 0 saturated carbocycles. The second-order valence-electron chi connectivity index (χ2n) is 3.30. The monoisotopic (exact) mass is 243 g/mol.